The van der Waals surface area contributed by atoms with Crippen LogP contribution in [0.3, 0.4) is 0 Å². The fraction of sp³-hybridized carbons (Fsp3) is 0.316. The Morgan fingerprint density at radius 1 is 1.19 bits per heavy atom. The number of benzene rings is 2. The number of hydrogen-bond donors (Lipinski definition) is 1. The third kappa shape index (κ3) is 4.47. The number of hydrogen-bond acceptors (Lipinski definition) is 4. The summed E-state index contributed by atoms with van der Waals surface area (Å²) in [7, 11) is -0.568. The molecule has 0 aromatic heterocycles. The summed E-state index contributed by atoms with van der Waals surface area (Å²) in [6, 6.07) is 14.7. The Labute approximate surface area is 159 Å². The number of carbonyl (C=O) groups excluding carboxylic acids is 1. The molecule has 27 heavy (non-hydrogen) atoms. The van der Waals surface area contributed by atoms with E-state index in [2.05, 4.69) is 5.32 Å². The lowest BCUT2D eigenvalue weighted by Crippen LogP contribution is -2.40. The first kappa shape index (κ1) is 19.3. The van der Waals surface area contributed by atoms with Crippen LogP contribution in [0.2, 0.25) is 0 Å². The molecular formula is C19H23N3O4S. The molecule has 1 N–H and O–H groups in total. The minimum atomic E-state index is -3.56. The largest absolute Gasteiger partial charge is 0.492 e. The van der Waals surface area contributed by atoms with Crippen LogP contribution in [-0.2, 0) is 23.3 Å². The zero-order chi connectivity index (χ0) is 19.4. The van der Waals surface area contributed by atoms with E-state index in [1.54, 1.807) is 18.2 Å². The van der Waals surface area contributed by atoms with Crippen molar-refractivity contribution < 1.29 is 17.9 Å². The van der Waals surface area contributed by atoms with Crippen LogP contribution >= 0.6 is 0 Å². The summed E-state index contributed by atoms with van der Waals surface area (Å²) in [6.45, 7) is 1.11. The van der Waals surface area contributed by atoms with E-state index in [0.717, 1.165) is 5.56 Å². The van der Waals surface area contributed by atoms with E-state index in [4.69, 9.17) is 4.74 Å². The smallest absolute Gasteiger partial charge is 0.281 e. The molecule has 1 aliphatic rings. The number of amides is 1. The summed E-state index contributed by atoms with van der Waals surface area (Å²) in [5, 5.41) is 2.88. The van der Waals surface area contributed by atoms with Gasteiger partial charge in [-0.05, 0) is 23.8 Å². The molecule has 0 spiro atoms. The van der Waals surface area contributed by atoms with Gasteiger partial charge in [0.15, 0.2) is 0 Å². The van der Waals surface area contributed by atoms with E-state index in [9.17, 15) is 13.2 Å². The molecule has 2 aromatic carbocycles. The average Bonchev–Trinajstić information content (AvgIpc) is 2.89. The van der Waals surface area contributed by atoms with Gasteiger partial charge in [0.25, 0.3) is 16.1 Å². The Bertz CT molecular complexity index is 914. The lowest BCUT2D eigenvalue weighted by Gasteiger charge is -2.23. The van der Waals surface area contributed by atoms with Gasteiger partial charge in [0.1, 0.15) is 12.4 Å². The molecule has 7 nitrogen and oxygen atoms in total. The lowest BCUT2D eigenvalue weighted by atomic mass is 10.1. The molecule has 0 fully saturated rings. The van der Waals surface area contributed by atoms with Crippen LogP contribution in [0.25, 0.3) is 0 Å². The molecule has 0 bridgehead atoms. The molecule has 0 saturated carbocycles. The molecule has 1 aliphatic heterocycles. The summed E-state index contributed by atoms with van der Waals surface area (Å²) in [5.41, 5.74) is 2.15. The van der Waals surface area contributed by atoms with Gasteiger partial charge < -0.3 is 10.1 Å². The maximum absolute atomic E-state index is 12.5. The number of carbonyl (C=O) groups is 1. The highest BCUT2D eigenvalue weighted by Gasteiger charge is 2.28. The Morgan fingerprint density at radius 2 is 1.93 bits per heavy atom. The van der Waals surface area contributed by atoms with Crippen molar-refractivity contribution in [1.29, 1.82) is 0 Å². The third-order valence-electron chi connectivity index (χ3n) is 4.35. The van der Waals surface area contributed by atoms with Gasteiger partial charge >= 0.3 is 0 Å². The number of nitrogens with zero attached hydrogens (tertiary/aromatic N) is 2. The van der Waals surface area contributed by atoms with Crippen molar-refractivity contribution >= 4 is 16.1 Å². The standard InChI is InChI=1S/C19H23N3O4S/c1-21(2)27(24,25)22-10-11-26-18-9-8-16(12-17(18)14-22)19(23)20-13-15-6-4-3-5-7-15/h3-9,12H,10-11,13-14H2,1-2H3,(H,20,23). The summed E-state index contributed by atoms with van der Waals surface area (Å²) < 4.78 is 33.1. The summed E-state index contributed by atoms with van der Waals surface area (Å²) in [4.78, 5) is 12.5. The molecule has 1 amide bonds. The van der Waals surface area contributed by atoms with Crippen LogP contribution < -0.4 is 10.1 Å². The molecule has 1 heterocycles. The molecule has 8 heteroatoms. The SMILES string of the molecule is CN(C)S(=O)(=O)N1CCOc2ccc(C(=O)NCc3ccccc3)cc2C1. The van der Waals surface area contributed by atoms with E-state index in [0.29, 0.717) is 23.4 Å². The zero-order valence-corrected chi connectivity index (χ0v) is 16.2. The van der Waals surface area contributed by atoms with Crippen LogP contribution in [0.1, 0.15) is 21.5 Å². The highest BCUT2D eigenvalue weighted by atomic mass is 32.2. The van der Waals surface area contributed by atoms with E-state index >= 15 is 0 Å². The molecule has 0 saturated heterocycles. The van der Waals surface area contributed by atoms with Gasteiger partial charge in [-0.25, -0.2) is 0 Å². The van der Waals surface area contributed by atoms with Crippen LogP contribution in [0.5, 0.6) is 5.75 Å². The zero-order valence-electron chi connectivity index (χ0n) is 15.4. The molecule has 144 valence electrons. The van der Waals surface area contributed by atoms with Gasteiger partial charge in [-0.15, -0.1) is 0 Å². The first-order valence-electron chi connectivity index (χ1n) is 8.63. The monoisotopic (exact) mass is 389 g/mol. The Hall–Kier alpha value is -2.42. The van der Waals surface area contributed by atoms with E-state index < -0.39 is 10.2 Å². The Kier molecular flexibility index (Phi) is 5.79. The van der Waals surface area contributed by atoms with Crippen molar-refractivity contribution in [3.63, 3.8) is 0 Å². The maximum atomic E-state index is 12.5. The summed E-state index contributed by atoms with van der Waals surface area (Å²) in [5.74, 6) is 0.388. The Morgan fingerprint density at radius 3 is 2.63 bits per heavy atom. The number of fused-ring (bicyclic) bond motifs is 1. The van der Waals surface area contributed by atoms with Gasteiger partial charge in [-0.1, -0.05) is 30.3 Å². The topological polar surface area (TPSA) is 79.0 Å². The van der Waals surface area contributed by atoms with E-state index in [1.165, 1.54) is 22.7 Å². The van der Waals surface area contributed by atoms with E-state index in [-0.39, 0.29) is 25.6 Å². The van der Waals surface area contributed by atoms with Crippen molar-refractivity contribution in [2.45, 2.75) is 13.1 Å². The van der Waals surface area contributed by atoms with E-state index in [1.807, 2.05) is 30.3 Å². The minimum Gasteiger partial charge on any atom is -0.492 e. The third-order valence-corrected chi connectivity index (χ3v) is 6.24. The van der Waals surface area contributed by atoms with Crippen molar-refractivity contribution in [3.05, 3.63) is 65.2 Å². The summed E-state index contributed by atoms with van der Waals surface area (Å²) >= 11 is 0. The number of rotatable bonds is 5. The van der Waals surface area contributed by atoms with Crippen molar-refractivity contribution in [2.24, 2.45) is 0 Å². The average molecular weight is 389 g/mol. The molecule has 0 radical (unpaired) electrons. The first-order chi connectivity index (χ1) is 12.9. The second-order valence-corrected chi connectivity index (χ2v) is 8.61. The molecule has 3 rings (SSSR count). The lowest BCUT2D eigenvalue weighted by molar-refractivity contribution is 0.0950. The first-order valence-corrected chi connectivity index (χ1v) is 10.0. The number of nitrogens with one attached hydrogen (secondary N) is 1. The van der Waals surface area contributed by atoms with Crippen molar-refractivity contribution in [2.75, 3.05) is 27.2 Å². The fourth-order valence-electron chi connectivity index (χ4n) is 2.82. The van der Waals surface area contributed by atoms with Crippen molar-refractivity contribution in [1.82, 2.24) is 13.9 Å². The Balaban J connectivity index is 1.77. The molecule has 0 unspecified atom stereocenters. The van der Waals surface area contributed by atoms with Gasteiger partial charge in [0.05, 0.1) is 0 Å². The predicted octanol–water partition coefficient (Wildman–Crippen LogP) is 1.62. The van der Waals surface area contributed by atoms with Gasteiger partial charge in [-0.3, -0.25) is 4.79 Å². The minimum absolute atomic E-state index is 0.162. The predicted molar refractivity (Wildman–Crippen MR) is 103 cm³/mol. The second-order valence-electron chi connectivity index (χ2n) is 6.46. The molecule has 0 aliphatic carbocycles. The maximum Gasteiger partial charge on any atom is 0.281 e. The van der Waals surface area contributed by atoms with Crippen LogP contribution in [0, 0.1) is 0 Å². The van der Waals surface area contributed by atoms with Gasteiger partial charge in [0, 0.05) is 44.9 Å². The van der Waals surface area contributed by atoms with Crippen LogP contribution in [-0.4, -0.2) is 50.2 Å². The van der Waals surface area contributed by atoms with Crippen LogP contribution in [0.15, 0.2) is 48.5 Å². The van der Waals surface area contributed by atoms with Crippen LogP contribution in [0.4, 0.5) is 0 Å². The number of ether oxygens (including phenoxy) is 1. The van der Waals surface area contributed by atoms with Crippen molar-refractivity contribution in [3.8, 4) is 5.75 Å². The highest BCUT2D eigenvalue weighted by molar-refractivity contribution is 7.86. The molecule has 2 aromatic rings. The highest BCUT2D eigenvalue weighted by Crippen LogP contribution is 2.26. The fourth-order valence-corrected chi connectivity index (χ4v) is 3.89. The second kappa shape index (κ2) is 8.08. The molecular weight excluding hydrogens is 366 g/mol. The van der Waals surface area contributed by atoms with Gasteiger partial charge in [-0.2, -0.15) is 17.0 Å². The quantitative estimate of drug-likeness (QED) is 0.843. The van der Waals surface area contributed by atoms with Gasteiger partial charge in [0.2, 0.25) is 0 Å². The molecule has 0 atom stereocenters. The summed E-state index contributed by atoms with van der Waals surface area (Å²) in [6.07, 6.45) is 0. The normalized spacial score (nSPS) is 14.9.